The zero-order chi connectivity index (χ0) is 20.9. The van der Waals surface area contributed by atoms with Crippen LogP contribution in [0.25, 0.3) is 0 Å². The Labute approximate surface area is 165 Å². The van der Waals surface area contributed by atoms with Crippen molar-refractivity contribution < 1.29 is 23.9 Å². The highest BCUT2D eigenvalue weighted by Gasteiger charge is 2.21. The highest BCUT2D eigenvalue weighted by atomic mass is 16.5. The summed E-state index contributed by atoms with van der Waals surface area (Å²) in [7, 11) is 0. The standard InChI is InChI=1S/C20H29N3O5/c1-5-17(20(26)28-7-3)14(4)22-23-19(25)13-12-18(24)21-15-8-10-16(11-9-15)27-6-2/h8-11,17H,5-7,12-13H2,1-4H3,(H,21,24)(H,23,25)/b22-14+/t17-/m0/s1. The van der Waals surface area contributed by atoms with Crippen LogP contribution >= 0.6 is 0 Å². The number of carbonyl (C=O) groups is 3. The van der Waals surface area contributed by atoms with E-state index < -0.39 is 11.8 Å². The lowest BCUT2D eigenvalue weighted by molar-refractivity contribution is -0.145. The van der Waals surface area contributed by atoms with Gasteiger partial charge in [-0.15, -0.1) is 0 Å². The zero-order valence-corrected chi connectivity index (χ0v) is 16.9. The maximum absolute atomic E-state index is 12.0. The molecule has 28 heavy (non-hydrogen) atoms. The Morgan fingerprint density at radius 1 is 1.00 bits per heavy atom. The van der Waals surface area contributed by atoms with E-state index >= 15 is 0 Å². The van der Waals surface area contributed by atoms with Gasteiger partial charge in [0.2, 0.25) is 11.8 Å². The third-order valence-corrected chi connectivity index (χ3v) is 3.87. The molecule has 2 amide bonds. The van der Waals surface area contributed by atoms with Crippen molar-refractivity contribution in [2.24, 2.45) is 11.0 Å². The predicted octanol–water partition coefficient (Wildman–Crippen LogP) is 2.89. The van der Waals surface area contributed by atoms with Gasteiger partial charge in [-0.2, -0.15) is 5.10 Å². The fourth-order valence-corrected chi connectivity index (χ4v) is 2.41. The number of rotatable bonds is 11. The van der Waals surface area contributed by atoms with Crippen molar-refractivity contribution in [3.8, 4) is 5.75 Å². The zero-order valence-electron chi connectivity index (χ0n) is 16.9. The highest BCUT2D eigenvalue weighted by molar-refractivity contribution is 6.01. The van der Waals surface area contributed by atoms with Gasteiger partial charge in [-0.05, 0) is 51.5 Å². The second-order valence-corrected chi connectivity index (χ2v) is 6.01. The van der Waals surface area contributed by atoms with Crippen LogP contribution in [0, 0.1) is 5.92 Å². The molecule has 8 nitrogen and oxygen atoms in total. The lowest BCUT2D eigenvalue weighted by atomic mass is 10.0. The molecule has 0 bridgehead atoms. The van der Waals surface area contributed by atoms with Crippen LogP contribution in [-0.2, 0) is 19.1 Å². The van der Waals surface area contributed by atoms with E-state index in [0.717, 1.165) is 5.75 Å². The van der Waals surface area contributed by atoms with Crippen LogP contribution in [0.15, 0.2) is 29.4 Å². The van der Waals surface area contributed by atoms with Gasteiger partial charge in [0.15, 0.2) is 0 Å². The molecule has 1 atom stereocenters. The molecule has 0 radical (unpaired) electrons. The Morgan fingerprint density at radius 3 is 2.21 bits per heavy atom. The summed E-state index contributed by atoms with van der Waals surface area (Å²) in [6.07, 6.45) is 0.521. The van der Waals surface area contributed by atoms with Crippen LogP contribution in [-0.4, -0.2) is 36.7 Å². The van der Waals surface area contributed by atoms with Crippen molar-refractivity contribution in [2.45, 2.75) is 47.0 Å². The average Bonchev–Trinajstić information content (AvgIpc) is 2.67. The minimum absolute atomic E-state index is 0.0166. The summed E-state index contributed by atoms with van der Waals surface area (Å²) in [6.45, 7) is 7.99. The van der Waals surface area contributed by atoms with Crippen LogP contribution in [0.5, 0.6) is 5.75 Å². The van der Waals surface area contributed by atoms with Gasteiger partial charge >= 0.3 is 5.97 Å². The van der Waals surface area contributed by atoms with Crippen LogP contribution < -0.4 is 15.5 Å². The van der Waals surface area contributed by atoms with E-state index in [2.05, 4.69) is 15.8 Å². The van der Waals surface area contributed by atoms with E-state index in [1.165, 1.54) is 0 Å². The number of hydrogen-bond acceptors (Lipinski definition) is 6. The number of benzene rings is 1. The fourth-order valence-electron chi connectivity index (χ4n) is 2.41. The summed E-state index contributed by atoms with van der Waals surface area (Å²) in [5, 5.41) is 6.67. The van der Waals surface area contributed by atoms with Crippen molar-refractivity contribution in [1.82, 2.24) is 5.43 Å². The Bertz CT molecular complexity index is 686. The molecule has 0 heterocycles. The number of hydrogen-bond donors (Lipinski definition) is 2. The molecule has 0 unspecified atom stereocenters. The van der Waals surface area contributed by atoms with Crippen molar-refractivity contribution in [2.75, 3.05) is 18.5 Å². The van der Waals surface area contributed by atoms with E-state index in [9.17, 15) is 14.4 Å². The van der Waals surface area contributed by atoms with Crippen molar-refractivity contribution in [3.05, 3.63) is 24.3 Å². The number of anilines is 1. The third kappa shape index (κ3) is 8.20. The first-order valence-electron chi connectivity index (χ1n) is 9.43. The van der Waals surface area contributed by atoms with Gasteiger partial charge in [0, 0.05) is 24.2 Å². The average molecular weight is 391 g/mol. The van der Waals surface area contributed by atoms with Gasteiger partial charge in [-0.3, -0.25) is 14.4 Å². The highest BCUT2D eigenvalue weighted by Crippen LogP contribution is 2.16. The number of nitrogens with zero attached hydrogens (tertiary/aromatic N) is 1. The number of hydrazone groups is 1. The second-order valence-electron chi connectivity index (χ2n) is 6.01. The van der Waals surface area contributed by atoms with Crippen LogP contribution in [0.3, 0.4) is 0 Å². The maximum Gasteiger partial charge on any atom is 0.314 e. The fraction of sp³-hybridized carbons (Fsp3) is 0.500. The molecule has 0 aliphatic carbocycles. The van der Waals surface area contributed by atoms with Crippen LogP contribution in [0.4, 0.5) is 5.69 Å². The van der Waals surface area contributed by atoms with Gasteiger partial charge in [0.1, 0.15) is 5.75 Å². The van der Waals surface area contributed by atoms with Gasteiger partial charge in [-0.25, -0.2) is 5.43 Å². The molecule has 0 aliphatic rings. The van der Waals surface area contributed by atoms with E-state index in [-0.39, 0.29) is 24.7 Å². The summed E-state index contributed by atoms with van der Waals surface area (Å²) in [6, 6.07) is 6.99. The van der Waals surface area contributed by atoms with Gasteiger partial charge in [-0.1, -0.05) is 6.92 Å². The lowest BCUT2D eigenvalue weighted by Gasteiger charge is -2.13. The predicted molar refractivity (Wildman–Crippen MR) is 107 cm³/mol. The molecule has 0 fully saturated rings. The van der Waals surface area contributed by atoms with E-state index in [1.54, 1.807) is 38.1 Å². The molecular formula is C20H29N3O5. The Kier molecular flexibility index (Phi) is 10.3. The Hall–Kier alpha value is -2.90. The summed E-state index contributed by atoms with van der Waals surface area (Å²) in [5.74, 6) is -0.822. The normalized spacial score (nSPS) is 12.1. The van der Waals surface area contributed by atoms with Gasteiger partial charge < -0.3 is 14.8 Å². The first-order valence-corrected chi connectivity index (χ1v) is 9.43. The largest absolute Gasteiger partial charge is 0.494 e. The number of carbonyl (C=O) groups excluding carboxylic acids is 3. The van der Waals surface area contributed by atoms with Crippen molar-refractivity contribution in [3.63, 3.8) is 0 Å². The molecule has 154 valence electrons. The number of amides is 2. The molecule has 0 saturated carbocycles. The van der Waals surface area contributed by atoms with E-state index in [1.807, 2.05) is 13.8 Å². The third-order valence-electron chi connectivity index (χ3n) is 3.87. The monoisotopic (exact) mass is 391 g/mol. The lowest BCUT2D eigenvalue weighted by Crippen LogP contribution is -2.27. The van der Waals surface area contributed by atoms with Crippen LogP contribution in [0.1, 0.15) is 47.0 Å². The van der Waals surface area contributed by atoms with E-state index in [0.29, 0.717) is 31.0 Å². The molecule has 0 spiro atoms. The number of esters is 1. The van der Waals surface area contributed by atoms with Crippen LogP contribution in [0.2, 0.25) is 0 Å². The Morgan fingerprint density at radius 2 is 1.64 bits per heavy atom. The minimum atomic E-state index is -0.497. The first-order chi connectivity index (χ1) is 13.4. The summed E-state index contributed by atoms with van der Waals surface area (Å²) < 4.78 is 10.3. The second kappa shape index (κ2) is 12.5. The molecule has 1 rings (SSSR count). The van der Waals surface area contributed by atoms with Gasteiger partial charge in [0.05, 0.1) is 19.1 Å². The van der Waals surface area contributed by atoms with E-state index in [4.69, 9.17) is 9.47 Å². The maximum atomic E-state index is 12.0. The first kappa shape index (κ1) is 23.1. The van der Waals surface area contributed by atoms with Crippen molar-refractivity contribution in [1.29, 1.82) is 0 Å². The quantitative estimate of drug-likeness (QED) is 0.343. The number of nitrogens with one attached hydrogen (secondary N) is 2. The molecule has 1 aromatic carbocycles. The number of ether oxygens (including phenoxy) is 2. The SMILES string of the molecule is CCOC(=O)[C@@H](CC)/C(C)=N/NC(=O)CCC(=O)Nc1ccc(OCC)cc1. The summed E-state index contributed by atoms with van der Waals surface area (Å²) in [4.78, 5) is 35.7. The molecule has 0 aromatic heterocycles. The minimum Gasteiger partial charge on any atom is -0.494 e. The molecule has 1 aromatic rings. The molecule has 8 heteroatoms. The molecule has 2 N–H and O–H groups in total. The molecular weight excluding hydrogens is 362 g/mol. The van der Waals surface area contributed by atoms with Crippen molar-refractivity contribution >= 4 is 29.2 Å². The van der Waals surface area contributed by atoms with Gasteiger partial charge in [0.25, 0.3) is 0 Å². The summed E-state index contributed by atoms with van der Waals surface area (Å²) >= 11 is 0. The topological polar surface area (TPSA) is 106 Å². The molecule has 0 saturated heterocycles. The summed E-state index contributed by atoms with van der Waals surface area (Å²) in [5.41, 5.74) is 3.47. The Balaban J connectivity index is 2.44. The smallest absolute Gasteiger partial charge is 0.314 e. The molecule has 0 aliphatic heterocycles.